The van der Waals surface area contributed by atoms with E-state index in [4.69, 9.17) is 5.11 Å². The first kappa shape index (κ1) is 10.9. The van der Waals surface area contributed by atoms with Crippen molar-refractivity contribution in [2.75, 3.05) is 0 Å². The van der Waals surface area contributed by atoms with Crippen molar-refractivity contribution >= 4 is 11.9 Å². The Morgan fingerprint density at radius 3 is 2.08 bits per heavy atom. The molecule has 0 bridgehead atoms. The highest BCUT2D eigenvalue weighted by Crippen LogP contribution is 1.99. The van der Waals surface area contributed by atoms with E-state index >= 15 is 0 Å². The van der Waals surface area contributed by atoms with E-state index in [1.54, 1.807) is 13.8 Å². The topological polar surface area (TPSA) is 78.4 Å². The molecule has 0 aromatic heterocycles. The fraction of sp³-hybridized carbons (Fsp3) is 0.714. The second kappa shape index (κ2) is 4.71. The standard InChI is InChI=1S/C7H14N2O3/c1-4(2)6(7(11)12)9-8-5(3)10/h4,6,9H,1-3H3,(H,8,10)(H,11,12)/t6-/m0/s1. The fourth-order valence-corrected chi connectivity index (χ4v) is 0.693. The van der Waals surface area contributed by atoms with Crippen LogP contribution in [0.2, 0.25) is 0 Å². The smallest absolute Gasteiger partial charge is 0.322 e. The lowest BCUT2D eigenvalue weighted by Crippen LogP contribution is -2.50. The molecule has 0 aliphatic heterocycles. The predicted molar refractivity (Wildman–Crippen MR) is 43.2 cm³/mol. The van der Waals surface area contributed by atoms with Gasteiger partial charge >= 0.3 is 5.97 Å². The summed E-state index contributed by atoms with van der Waals surface area (Å²) in [6, 6.07) is -0.742. The van der Waals surface area contributed by atoms with Crippen LogP contribution in [0.3, 0.4) is 0 Å². The van der Waals surface area contributed by atoms with Crippen LogP contribution >= 0.6 is 0 Å². The third-order valence-corrected chi connectivity index (χ3v) is 1.34. The molecule has 0 aromatic rings. The number of hydrogen-bond donors (Lipinski definition) is 3. The Kier molecular flexibility index (Phi) is 4.28. The maximum absolute atomic E-state index is 10.5. The minimum Gasteiger partial charge on any atom is -0.480 e. The van der Waals surface area contributed by atoms with Crippen molar-refractivity contribution < 1.29 is 14.7 Å². The molecule has 0 saturated carbocycles. The quantitative estimate of drug-likeness (QED) is 0.513. The van der Waals surface area contributed by atoms with E-state index in [-0.39, 0.29) is 11.8 Å². The van der Waals surface area contributed by atoms with Gasteiger partial charge in [0.05, 0.1) is 0 Å². The Bertz CT molecular complexity index is 179. The molecule has 0 aliphatic carbocycles. The van der Waals surface area contributed by atoms with Gasteiger partial charge in [-0.05, 0) is 5.92 Å². The van der Waals surface area contributed by atoms with Crippen molar-refractivity contribution in [1.82, 2.24) is 10.9 Å². The van der Waals surface area contributed by atoms with Crippen LogP contribution in [-0.2, 0) is 9.59 Å². The van der Waals surface area contributed by atoms with Crippen LogP contribution in [0.15, 0.2) is 0 Å². The number of carboxylic acid groups (broad SMARTS) is 1. The van der Waals surface area contributed by atoms with Crippen molar-refractivity contribution in [3.63, 3.8) is 0 Å². The number of amides is 1. The first-order valence-electron chi connectivity index (χ1n) is 3.70. The largest absolute Gasteiger partial charge is 0.480 e. The molecule has 1 atom stereocenters. The van der Waals surface area contributed by atoms with E-state index < -0.39 is 12.0 Å². The molecule has 0 radical (unpaired) electrons. The predicted octanol–water partition coefficient (Wildman–Crippen LogP) is -0.264. The fourth-order valence-electron chi connectivity index (χ4n) is 0.693. The van der Waals surface area contributed by atoms with Crippen molar-refractivity contribution in [2.24, 2.45) is 5.92 Å². The van der Waals surface area contributed by atoms with Crippen LogP contribution in [0.1, 0.15) is 20.8 Å². The second-order valence-electron chi connectivity index (χ2n) is 2.89. The van der Waals surface area contributed by atoms with Crippen LogP contribution in [-0.4, -0.2) is 23.0 Å². The highest BCUT2D eigenvalue weighted by atomic mass is 16.4. The average molecular weight is 174 g/mol. The number of hydrazine groups is 1. The normalized spacial score (nSPS) is 12.7. The molecule has 0 spiro atoms. The first-order chi connectivity index (χ1) is 5.45. The second-order valence-corrected chi connectivity index (χ2v) is 2.89. The van der Waals surface area contributed by atoms with Gasteiger partial charge in [-0.3, -0.25) is 15.0 Å². The number of hydrogen-bond acceptors (Lipinski definition) is 3. The van der Waals surface area contributed by atoms with Gasteiger partial charge in [-0.2, -0.15) is 0 Å². The van der Waals surface area contributed by atoms with E-state index in [2.05, 4.69) is 10.9 Å². The molecule has 0 fully saturated rings. The van der Waals surface area contributed by atoms with Gasteiger partial charge in [0.2, 0.25) is 5.91 Å². The van der Waals surface area contributed by atoms with E-state index in [0.717, 1.165) is 0 Å². The Hall–Kier alpha value is -1.10. The lowest BCUT2D eigenvalue weighted by molar-refractivity contribution is -0.141. The number of aliphatic carboxylic acids is 1. The SMILES string of the molecule is CC(=O)NN[C@H](C(=O)O)C(C)C. The molecule has 70 valence electrons. The van der Waals surface area contributed by atoms with Gasteiger partial charge in [0.1, 0.15) is 6.04 Å². The van der Waals surface area contributed by atoms with E-state index in [9.17, 15) is 9.59 Å². The van der Waals surface area contributed by atoms with Crippen molar-refractivity contribution in [3.8, 4) is 0 Å². The third kappa shape index (κ3) is 3.92. The summed E-state index contributed by atoms with van der Waals surface area (Å²) >= 11 is 0. The lowest BCUT2D eigenvalue weighted by atomic mass is 10.1. The van der Waals surface area contributed by atoms with E-state index in [0.29, 0.717) is 0 Å². The molecule has 0 aliphatic rings. The molecule has 5 nitrogen and oxygen atoms in total. The Labute approximate surface area is 71.1 Å². The number of carbonyl (C=O) groups excluding carboxylic acids is 1. The molecule has 0 saturated heterocycles. The number of rotatable bonds is 4. The average Bonchev–Trinajstić information content (AvgIpc) is 1.84. The molecule has 0 rings (SSSR count). The maximum Gasteiger partial charge on any atom is 0.322 e. The molecule has 1 amide bonds. The van der Waals surface area contributed by atoms with Crippen molar-refractivity contribution in [3.05, 3.63) is 0 Å². The zero-order valence-corrected chi connectivity index (χ0v) is 7.42. The lowest BCUT2D eigenvalue weighted by Gasteiger charge is -2.17. The Morgan fingerprint density at radius 2 is 1.83 bits per heavy atom. The molecular weight excluding hydrogens is 160 g/mol. The van der Waals surface area contributed by atoms with Crippen LogP contribution in [0.5, 0.6) is 0 Å². The van der Waals surface area contributed by atoms with Gasteiger partial charge < -0.3 is 5.11 Å². The van der Waals surface area contributed by atoms with E-state index in [1.165, 1.54) is 6.92 Å². The Morgan fingerprint density at radius 1 is 1.33 bits per heavy atom. The highest BCUT2D eigenvalue weighted by molar-refractivity contribution is 5.76. The molecular formula is C7H14N2O3. The van der Waals surface area contributed by atoms with Gasteiger partial charge in [0.15, 0.2) is 0 Å². The summed E-state index contributed by atoms with van der Waals surface area (Å²) < 4.78 is 0. The number of carbonyl (C=O) groups is 2. The van der Waals surface area contributed by atoms with Crippen LogP contribution < -0.4 is 10.9 Å². The first-order valence-corrected chi connectivity index (χ1v) is 3.70. The van der Waals surface area contributed by atoms with Gasteiger partial charge in [0, 0.05) is 6.92 Å². The van der Waals surface area contributed by atoms with Crippen LogP contribution in [0, 0.1) is 5.92 Å². The molecule has 0 heterocycles. The number of carboxylic acids is 1. The molecule has 0 aromatic carbocycles. The number of nitrogens with one attached hydrogen (secondary N) is 2. The Balaban J connectivity index is 3.97. The van der Waals surface area contributed by atoms with E-state index in [1.807, 2.05) is 0 Å². The van der Waals surface area contributed by atoms with Gasteiger partial charge in [-0.25, -0.2) is 5.43 Å². The monoisotopic (exact) mass is 174 g/mol. The minimum atomic E-state index is -0.973. The molecule has 5 heteroatoms. The summed E-state index contributed by atoms with van der Waals surface area (Å²) in [7, 11) is 0. The maximum atomic E-state index is 10.5. The van der Waals surface area contributed by atoms with Gasteiger partial charge in [0.25, 0.3) is 0 Å². The van der Waals surface area contributed by atoms with Crippen LogP contribution in [0.4, 0.5) is 0 Å². The van der Waals surface area contributed by atoms with Crippen molar-refractivity contribution in [1.29, 1.82) is 0 Å². The van der Waals surface area contributed by atoms with Gasteiger partial charge in [-0.15, -0.1) is 0 Å². The summed E-state index contributed by atoms with van der Waals surface area (Å²) in [4.78, 5) is 21.0. The summed E-state index contributed by atoms with van der Waals surface area (Å²) in [5.41, 5.74) is 4.66. The van der Waals surface area contributed by atoms with Crippen molar-refractivity contribution in [2.45, 2.75) is 26.8 Å². The summed E-state index contributed by atoms with van der Waals surface area (Å²) in [6.45, 7) is 4.83. The molecule has 12 heavy (non-hydrogen) atoms. The zero-order valence-electron chi connectivity index (χ0n) is 7.42. The summed E-state index contributed by atoms with van der Waals surface area (Å²) in [6.07, 6.45) is 0. The third-order valence-electron chi connectivity index (χ3n) is 1.34. The summed E-state index contributed by atoms with van der Waals surface area (Å²) in [5, 5.41) is 8.64. The zero-order chi connectivity index (χ0) is 9.72. The van der Waals surface area contributed by atoms with Crippen LogP contribution in [0.25, 0.3) is 0 Å². The minimum absolute atomic E-state index is 0.0747. The molecule has 0 unspecified atom stereocenters. The molecule has 3 N–H and O–H groups in total. The summed E-state index contributed by atoms with van der Waals surface area (Å²) in [5.74, 6) is -1.35. The highest BCUT2D eigenvalue weighted by Gasteiger charge is 2.20. The van der Waals surface area contributed by atoms with Gasteiger partial charge in [-0.1, -0.05) is 13.8 Å².